The first kappa shape index (κ1) is 14.8. The fourth-order valence-electron chi connectivity index (χ4n) is 1.65. The smallest absolute Gasteiger partial charge is 0.366 e. The second-order valence-electron chi connectivity index (χ2n) is 4.20. The number of halogens is 4. The third-order valence-corrected chi connectivity index (χ3v) is 2.73. The Morgan fingerprint density at radius 1 is 1.19 bits per heavy atom. The lowest BCUT2D eigenvalue weighted by Crippen LogP contribution is -2.08. The molecule has 0 aliphatic rings. The van der Waals surface area contributed by atoms with Crippen molar-refractivity contribution in [3.8, 4) is 6.07 Å². The summed E-state index contributed by atoms with van der Waals surface area (Å²) in [6.45, 7) is -0.0359. The molecule has 0 spiro atoms. The second kappa shape index (κ2) is 5.79. The van der Waals surface area contributed by atoms with E-state index in [4.69, 9.17) is 5.26 Å². The lowest BCUT2D eigenvalue weighted by molar-refractivity contribution is -0.137. The predicted octanol–water partition coefficient (Wildman–Crippen LogP) is 3.72. The van der Waals surface area contributed by atoms with Crippen molar-refractivity contribution in [2.45, 2.75) is 12.7 Å². The number of nitriles is 1. The number of benzene rings is 1. The van der Waals surface area contributed by atoms with E-state index in [1.807, 2.05) is 0 Å². The maximum absolute atomic E-state index is 13.6. The van der Waals surface area contributed by atoms with Crippen molar-refractivity contribution >= 4 is 5.82 Å². The SMILES string of the molecule is N#Cc1ccc(CNc2cc(C(F)(F)F)ccn2)c(F)c1. The van der Waals surface area contributed by atoms with Gasteiger partial charge in [0, 0.05) is 18.3 Å². The third-order valence-electron chi connectivity index (χ3n) is 2.73. The lowest BCUT2D eigenvalue weighted by Gasteiger charge is -2.10. The molecule has 0 aliphatic heterocycles. The minimum Gasteiger partial charge on any atom is -0.366 e. The molecule has 1 aromatic heterocycles. The predicted molar refractivity (Wildman–Crippen MR) is 67.7 cm³/mol. The Morgan fingerprint density at radius 3 is 2.57 bits per heavy atom. The fourth-order valence-corrected chi connectivity index (χ4v) is 1.65. The van der Waals surface area contributed by atoms with Crippen LogP contribution in [0.5, 0.6) is 0 Å². The first-order chi connectivity index (χ1) is 9.90. The van der Waals surface area contributed by atoms with Crippen LogP contribution in [0, 0.1) is 17.1 Å². The highest BCUT2D eigenvalue weighted by Gasteiger charge is 2.30. The third kappa shape index (κ3) is 3.69. The van der Waals surface area contributed by atoms with Crippen molar-refractivity contribution < 1.29 is 17.6 Å². The zero-order chi connectivity index (χ0) is 15.5. The minimum absolute atomic E-state index is 0.00594. The van der Waals surface area contributed by atoms with Gasteiger partial charge in [-0.2, -0.15) is 18.4 Å². The van der Waals surface area contributed by atoms with Crippen LogP contribution in [0.1, 0.15) is 16.7 Å². The highest BCUT2D eigenvalue weighted by molar-refractivity contribution is 5.40. The van der Waals surface area contributed by atoms with Crippen molar-refractivity contribution in [3.63, 3.8) is 0 Å². The van der Waals surface area contributed by atoms with Crippen molar-refractivity contribution in [3.05, 3.63) is 59.0 Å². The molecule has 1 aromatic carbocycles. The van der Waals surface area contributed by atoms with Gasteiger partial charge < -0.3 is 5.32 Å². The fraction of sp³-hybridized carbons (Fsp3) is 0.143. The molecule has 0 saturated heterocycles. The molecule has 0 bridgehead atoms. The molecule has 108 valence electrons. The van der Waals surface area contributed by atoms with E-state index >= 15 is 0 Å². The lowest BCUT2D eigenvalue weighted by atomic mass is 10.1. The van der Waals surface area contributed by atoms with Crippen LogP contribution in [0.25, 0.3) is 0 Å². The Labute approximate surface area is 117 Å². The number of nitrogens with zero attached hydrogens (tertiary/aromatic N) is 2. The highest BCUT2D eigenvalue weighted by atomic mass is 19.4. The second-order valence-corrected chi connectivity index (χ2v) is 4.20. The summed E-state index contributed by atoms with van der Waals surface area (Å²) < 4.78 is 51.2. The monoisotopic (exact) mass is 295 g/mol. The number of hydrogen-bond donors (Lipinski definition) is 1. The van der Waals surface area contributed by atoms with E-state index < -0.39 is 17.6 Å². The zero-order valence-corrected chi connectivity index (χ0v) is 10.6. The molecular weight excluding hydrogens is 286 g/mol. The van der Waals surface area contributed by atoms with E-state index in [1.54, 1.807) is 6.07 Å². The van der Waals surface area contributed by atoms with Crippen LogP contribution in [-0.4, -0.2) is 4.98 Å². The molecule has 2 aromatic rings. The van der Waals surface area contributed by atoms with Crippen LogP contribution in [-0.2, 0) is 12.7 Å². The van der Waals surface area contributed by atoms with Gasteiger partial charge in [0.05, 0.1) is 17.2 Å². The van der Waals surface area contributed by atoms with Gasteiger partial charge in [-0.3, -0.25) is 0 Å². The quantitative estimate of drug-likeness (QED) is 0.878. The number of aromatic nitrogens is 1. The molecule has 0 aliphatic carbocycles. The van der Waals surface area contributed by atoms with Crippen LogP contribution < -0.4 is 5.32 Å². The molecule has 0 atom stereocenters. The van der Waals surface area contributed by atoms with Gasteiger partial charge in [0.25, 0.3) is 0 Å². The summed E-state index contributed by atoms with van der Waals surface area (Å²) in [4.78, 5) is 3.75. The van der Waals surface area contributed by atoms with Gasteiger partial charge in [-0.25, -0.2) is 9.37 Å². The Kier molecular flexibility index (Phi) is 4.08. The molecule has 21 heavy (non-hydrogen) atoms. The molecule has 1 heterocycles. The Balaban J connectivity index is 2.12. The van der Waals surface area contributed by atoms with Gasteiger partial charge >= 0.3 is 6.18 Å². The molecule has 1 N–H and O–H groups in total. The Morgan fingerprint density at radius 2 is 1.95 bits per heavy atom. The van der Waals surface area contributed by atoms with E-state index in [9.17, 15) is 17.6 Å². The first-order valence-corrected chi connectivity index (χ1v) is 5.86. The van der Waals surface area contributed by atoms with Gasteiger partial charge in [0.2, 0.25) is 0 Å². The summed E-state index contributed by atoms with van der Waals surface area (Å²) in [5, 5.41) is 11.2. The standard InChI is InChI=1S/C14H9F4N3/c15-12-5-9(7-19)1-2-10(12)8-21-13-6-11(3-4-20-13)14(16,17)18/h1-6H,8H2,(H,20,21). The number of hydrogen-bond acceptors (Lipinski definition) is 3. The molecule has 0 saturated carbocycles. The van der Waals surface area contributed by atoms with Crippen molar-refractivity contribution in [1.82, 2.24) is 4.98 Å². The molecule has 3 nitrogen and oxygen atoms in total. The van der Waals surface area contributed by atoms with E-state index in [0.29, 0.717) is 0 Å². The largest absolute Gasteiger partial charge is 0.416 e. The van der Waals surface area contributed by atoms with Gasteiger partial charge in [-0.15, -0.1) is 0 Å². The van der Waals surface area contributed by atoms with Crippen LogP contribution >= 0.6 is 0 Å². The molecule has 0 unspecified atom stereocenters. The normalized spacial score (nSPS) is 11.0. The average Bonchev–Trinajstić information content (AvgIpc) is 2.45. The number of nitrogens with one attached hydrogen (secondary N) is 1. The number of anilines is 1. The zero-order valence-electron chi connectivity index (χ0n) is 10.6. The van der Waals surface area contributed by atoms with Crippen LogP contribution in [0.3, 0.4) is 0 Å². The summed E-state index contributed by atoms with van der Waals surface area (Å²) in [6.07, 6.45) is -3.43. The van der Waals surface area contributed by atoms with E-state index in [2.05, 4.69) is 10.3 Å². The first-order valence-electron chi connectivity index (χ1n) is 5.86. The van der Waals surface area contributed by atoms with Gasteiger partial charge in [-0.05, 0) is 24.3 Å². The molecular formula is C14H9F4N3. The highest BCUT2D eigenvalue weighted by Crippen LogP contribution is 2.30. The Hall–Kier alpha value is -2.62. The molecule has 0 fully saturated rings. The summed E-state index contributed by atoms with van der Waals surface area (Å²) >= 11 is 0. The molecule has 0 amide bonds. The summed E-state index contributed by atoms with van der Waals surface area (Å²) in [6, 6.07) is 7.39. The van der Waals surface area contributed by atoms with Gasteiger partial charge in [0.15, 0.2) is 0 Å². The summed E-state index contributed by atoms with van der Waals surface area (Å²) in [7, 11) is 0. The van der Waals surface area contributed by atoms with Crippen LogP contribution in [0.15, 0.2) is 36.5 Å². The van der Waals surface area contributed by atoms with Gasteiger partial charge in [0.1, 0.15) is 11.6 Å². The maximum atomic E-state index is 13.6. The average molecular weight is 295 g/mol. The van der Waals surface area contributed by atoms with Crippen LogP contribution in [0.4, 0.5) is 23.4 Å². The number of alkyl halides is 3. The Bertz CT molecular complexity index is 689. The number of pyridine rings is 1. The molecule has 7 heteroatoms. The van der Waals surface area contributed by atoms with Gasteiger partial charge in [-0.1, -0.05) is 6.07 Å². The van der Waals surface area contributed by atoms with Crippen molar-refractivity contribution in [2.24, 2.45) is 0 Å². The van der Waals surface area contributed by atoms with E-state index in [1.165, 1.54) is 12.1 Å². The van der Waals surface area contributed by atoms with E-state index in [0.717, 1.165) is 24.4 Å². The molecule has 0 radical (unpaired) electrons. The van der Waals surface area contributed by atoms with E-state index in [-0.39, 0.29) is 23.5 Å². The van der Waals surface area contributed by atoms with Crippen LogP contribution in [0.2, 0.25) is 0 Å². The topological polar surface area (TPSA) is 48.7 Å². The maximum Gasteiger partial charge on any atom is 0.416 e. The van der Waals surface area contributed by atoms with Crippen molar-refractivity contribution in [2.75, 3.05) is 5.32 Å². The minimum atomic E-state index is -4.46. The molecule has 2 rings (SSSR count). The summed E-state index contributed by atoms with van der Waals surface area (Å²) in [5.41, 5.74) is -0.429. The number of rotatable bonds is 3. The van der Waals surface area contributed by atoms with Crippen molar-refractivity contribution in [1.29, 1.82) is 5.26 Å². The summed E-state index contributed by atoms with van der Waals surface area (Å²) in [5.74, 6) is -0.609.